The summed E-state index contributed by atoms with van der Waals surface area (Å²) in [5.74, 6) is 1.53. The fourth-order valence-electron chi connectivity index (χ4n) is 3.65. The van der Waals surface area contributed by atoms with Gasteiger partial charge in [0, 0.05) is 11.1 Å². The quantitative estimate of drug-likeness (QED) is 0.757. The molecule has 1 atom stereocenters. The molecule has 26 heavy (non-hydrogen) atoms. The van der Waals surface area contributed by atoms with Gasteiger partial charge in [-0.2, -0.15) is 0 Å². The number of hydrogen-bond acceptors (Lipinski definition) is 4. The number of benzene rings is 2. The molecule has 1 aliphatic heterocycles. The minimum absolute atomic E-state index is 0.123. The predicted octanol–water partition coefficient (Wildman–Crippen LogP) is 3.92. The zero-order chi connectivity index (χ0) is 18.1. The third-order valence-corrected chi connectivity index (χ3v) is 5.17. The third-order valence-electron chi connectivity index (χ3n) is 4.93. The van der Waals surface area contributed by atoms with E-state index in [0.717, 1.165) is 25.1 Å². The van der Waals surface area contributed by atoms with Gasteiger partial charge < -0.3 is 9.72 Å². The summed E-state index contributed by atoms with van der Waals surface area (Å²) in [4.78, 5) is 22.2. The van der Waals surface area contributed by atoms with Crippen molar-refractivity contribution < 1.29 is 4.74 Å². The lowest BCUT2D eigenvalue weighted by Gasteiger charge is -2.24. The van der Waals surface area contributed by atoms with Crippen LogP contribution in [0.15, 0.2) is 47.3 Å². The van der Waals surface area contributed by atoms with Gasteiger partial charge in [-0.3, -0.25) is 9.69 Å². The standard InChI is InChI=1S/C20H20ClN3O2/c1-26-15-7-4-13(5-8-15)18-3-2-10-24(18)12-19-22-17-11-14(21)6-9-16(17)20(25)23-19/h4-9,11,18H,2-3,10,12H2,1H3,(H,22,23,25)/t18-/m1/s1. The van der Waals surface area contributed by atoms with Crippen LogP contribution in [0, 0.1) is 0 Å². The van der Waals surface area contributed by atoms with Gasteiger partial charge in [0.1, 0.15) is 11.6 Å². The SMILES string of the molecule is COc1ccc([C@H]2CCCN2Cc2nc3cc(Cl)ccc3c(=O)[nH]2)cc1. The highest BCUT2D eigenvalue weighted by molar-refractivity contribution is 6.31. The van der Waals surface area contributed by atoms with E-state index < -0.39 is 0 Å². The molecule has 0 amide bonds. The number of likely N-dealkylation sites (tertiary alicyclic amines) is 1. The van der Waals surface area contributed by atoms with Crippen molar-refractivity contribution in [1.82, 2.24) is 14.9 Å². The number of fused-ring (bicyclic) bond motifs is 1. The van der Waals surface area contributed by atoms with Crippen molar-refractivity contribution in [2.75, 3.05) is 13.7 Å². The molecule has 0 spiro atoms. The third kappa shape index (κ3) is 3.32. The smallest absolute Gasteiger partial charge is 0.258 e. The fourth-order valence-corrected chi connectivity index (χ4v) is 3.81. The number of aromatic amines is 1. The van der Waals surface area contributed by atoms with Crippen molar-refractivity contribution in [3.05, 3.63) is 69.2 Å². The number of hydrogen-bond donors (Lipinski definition) is 1. The molecule has 0 aliphatic carbocycles. The van der Waals surface area contributed by atoms with Gasteiger partial charge in [-0.15, -0.1) is 0 Å². The summed E-state index contributed by atoms with van der Waals surface area (Å²) in [6.45, 7) is 1.59. The van der Waals surface area contributed by atoms with Crippen molar-refractivity contribution in [2.45, 2.75) is 25.4 Å². The lowest BCUT2D eigenvalue weighted by atomic mass is 10.0. The lowest BCUT2D eigenvalue weighted by Crippen LogP contribution is -2.25. The summed E-state index contributed by atoms with van der Waals surface area (Å²) in [7, 11) is 1.67. The molecule has 3 aromatic rings. The van der Waals surface area contributed by atoms with Crippen LogP contribution in [-0.4, -0.2) is 28.5 Å². The van der Waals surface area contributed by atoms with Crippen LogP contribution >= 0.6 is 11.6 Å². The maximum atomic E-state index is 12.3. The highest BCUT2D eigenvalue weighted by atomic mass is 35.5. The molecule has 5 nitrogen and oxygen atoms in total. The summed E-state index contributed by atoms with van der Waals surface area (Å²) in [5, 5.41) is 1.14. The van der Waals surface area contributed by atoms with Crippen LogP contribution in [-0.2, 0) is 6.54 Å². The number of aromatic nitrogens is 2. The zero-order valence-electron chi connectivity index (χ0n) is 14.5. The molecule has 0 saturated carbocycles. The second-order valence-corrected chi connectivity index (χ2v) is 7.01. The first-order valence-corrected chi connectivity index (χ1v) is 9.08. The van der Waals surface area contributed by atoms with Gasteiger partial charge in [0.05, 0.1) is 24.6 Å². The Bertz CT molecular complexity index is 985. The Morgan fingerprint density at radius 1 is 1.27 bits per heavy atom. The number of rotatable bonds is 4. The number of nitrogens with zero attached hydrogens (tertiary/aromatic N) is 2. The number of ether oxygens (including phenoxy) is 1. The van der Waals surface area contributed by atoms with E-state index in [-0.39, 0.29) is 5.56 Å². The molecular formula is C20H20ClN3O2. The molecule has 2 heterocycles. The van der Waals surface area contributed by atoms with Gasteiger partial charge in [-0.05, 0) is 55.3 Å². The number of nitrogens with one attached hydrogen (secondary N) is 1. The Kier molecular flexibility index (Phi) is 4.66. The van der Waals surface area contributed by atoms with Crippen LogP contribution in [0.25, 0.3) is 10.9 Å². The van der Waals surface area contributed by atoms with Crippen LogP contribution < -0.4 is 10.3 Å². The van der Waals surface area contributed by atoms with E-state index in [4.69, 9.17) is 16.3 Å². The molecule has 0 unspecified atom stereocenters. The van der Waals surface area contributed by atoms with Gasteiger partial charge in [-0.1, -0.05) is 23.7 Å². The summed E-state index contributed by atoms with van der Waals surface area (Å²) in [6.07, 6.45) is 2.22. The molecule has 1 N–H and O–H groups in total. The van der Waals surface area contributed by atoms with E-state index >= 15 is 0 Å². The topological polar surface area (TPSA) is 58.2 Å². The molecular weight excluding hydrogens is 350 g/mol. The highest BCUT2D eigenvalue weighted by Gasteiger charge is 2.26. The normalized spacial score (nSPS) is 17.7. The van der Waals surface area contributed by atoms with E-state index in [2.05, 4.69) is 27.0 Å². The van der Waals surface area contributed by atoms with Crippen molar-refractivity contribution in [2.24, 2.45) is 0 Å². The molecule has 134 valence electrons. The molecule has 0 radical (unpaired) electrons. The average molecular weight is 370 g/mol. The Morgan fingerprint density at radius 3 is 2.85 bits per heavy atom. The lowest BCUT2D eigenvalue weighted by molar-refractivity contribution is 0.242. The molecule has 1 aliphatic rings. The minimum atomic E-state index is -0.123. The summed E-state index contributed by atoms with van der Waals surface area (Å²) < 4.78 is 5.24. The van der Waals surface area contributed by atoms with Crippen molar-refractivity contribution in [3.63, 3.8) is 0 Å². The average Bonchev–Trinajstić information content (AvgIpc) is 3.09. The Morgan fingerprint density at radius 2 is 2.08 bits per heavy atom. The van der Waals surface area contributed by atoms with Crippen LogP contribution in [0.2, 0.25) is 5.02 Å². The van der Waals surface area contributed by atoms with Crippen LogP contribution in [0.1, 0.15) is 30.3 Å². The zero-order valence-corrected chi connectivity index (χ0v) is 15.3. The summed E-state index contributed by atoms with van der Waals surface area (Å²) in [6, 6.07) is 13.7. The number of methoxy groups -OCH3 is 1. The molecule has 1 aromatic heterocycles. The number of H-pyrrole nitrogens is 1. The van der Waals surface area contributed by atoms with E-state index in [0.29, 0.717) is 34.3 Å². The fraction of sp³-hybridized carbons (Fsp3) is 0.300. The van der Waals surface area contributed by atoms with E-state index in [9.17, 15) is 4.79 Å². The molecule has 1 fully saturated rings. The maximum absolute atomic E-state index is 12.3. The summed E-state index contributed by atoms with van der Waals surface area (Å²) >= 11 is 6.05. The van der Waals surface area contributed by atoms with E-state index in [1.807, 2.05) is 12.1 Å². The minimum Gasteiger partial charge on any atom is -0.497 e. The Labute approximate surface area is 156 Å². The summed E-state index contributed by atoms with van der Waals surface area (Å²) in [5.41, 5.74) is 1.77. The predicted molar refractivity (Wildman–Crippen MR) is 103 cm³/mol. The number of halogens is 1. The monoisotopic (exact) mass is 369 g/mol. The molecule has 4 rings (SSSR count). The van der Waals surface area contributed by atoms with Gasteiger partial charge >= 0.3 is 0 Å². The largest absolute Gasteiger partial charge is 0.497 e. The first-order chi connectivity index (χ1) is 12.6. The second kappa shape index (κ2) is 7.09. The Hall–Kier alpha value is -2.37. The molecule has 2 aromatic carbocycles. The van der Waals surface area contributed by atoms with Crippen molar-refractivity contribution >= 4 is 22.5 Å². The van der Waals surface area contributed by atoms with Crippen molar-refractivity contribution in [1.29, 1.82) is 0 Å². The molecule has 6 heteroatoms. The molecule has 0 bridgehead atoms. The van der Waals surface area contributed by atoms with Crippen LogP contribution in [0.3, 0.4) is 0 Å². The first kappa shape index (κ1) is 17.1. The van der Waals surface area contributed by atoms with Crippen molar-refractivity contribution in [3.8, 4) is 5.75 Å². The van der Waals surface area contributed by atoms with Crippen LogP contribution in [0.4, 0.5) is 0 Å². The Balaban J connectivity index is 1.61. The highest BCUT2D eigenvalue weighted by Crippen LogP contribution is 2.33. The van der Waals surface area contributed by atoms with Gasteiger partial charge in [-0.25, -0.2) is 4.98 Å². The second-order valence-electron chi connectivity index (χ2n) is 6.58. The van der Waals surface area contributed by atoms with Gasteiger partial charge in [0.15, 0.2) is 0 Å². The van der Waals surface area contributed by atoms with E-state index in [1.54, 1.807) is 25.3 Å². The first-order valence-electron chi connectivity index (χ1n) is 8.70. The van der Waals surface area contributed by atoms with Crippen LogP contribution in [0.5, 0.6) is 5.75 Å². The van der Waals surface area contributed by atoms with Gasteiger partial charge in [0.2, 0.25) is 0 Å². The molecule has 1 saturated heterocycles. The maximum Gasteiger partial charge on any atom is 0.258 e. The van der Waals surface area contributed by atoms with Gasteiger partial charge in [0.25, 0.3) is 5.56 Å². The van der Waals surface area contributed by atoms with E-state index in [1.165, 1.54) is 5.56 Å².